The Morgan fingerprint density at radius 2 is 1.83 bits per heavy atom. The van der Waals surface area contributed by atoms with E-state index in [1.54, 1.807) is 4.90 Å². The summed E-state index contributed by atoms with van der Waals surface area (Å²) in [5.74, 6) is 0.0258. The molecule has 3 heterocycles. The van der Waals surface area contributed by atoms with Crippen molar-refractivity contribution in [2.45, 2.75) is 31.5 Å². The molecule has 1 amide bonds. The van der Waals surface area contributed by atoms with Gasteiger partial charge in [0.05, 0.1) is 25.4 Å². The quantitative estimate of drug-likeness (QED) is 0.766. The Bertz CT molecular complexity index is 928. The van der Waals surface area contributed by atoms with Crippen molar-refractivity contribution in [3.63, 3.8) is 0 Å². The van der Waals surface area contributed by atoms with Crippen LogP contribution in [0.2, 0.25) is 0 Å². The predicted molar refractivity (Wildman–Crippen MR) is 116 cm³/mol. The van der Waals surface area contributed by atoms with Crippen molar-refractivity contribution in [2.75, 3.05) is 44.7 Å². The van der Waals surface area contributed by atoms with Crippen LogP contribution in [0.5, 0.6) is 0 Å². The summed E-state index contributed by atoms with van der Waals surface area (Å²) in [4.78, 5) is 17.1. The van der Waals surface area contributed by atoms with Gasteiger partial charge in [-0.3, -0.25) is 9.69 Å². The van der Waals surface area contributed by atoms with E-state index in [2.05, 4.69) is 40.5 Å². The van der Waals surface area contributed by atoms with Gasteiger partial charge < -0.3 is 20.1 Å². The fourth-order valence-corrected chi connectivity index (χ4v) is 4.68. The number of benzene rings is 2. The van der Waals surface area contributed by atoms with Crippen LogP contribution in [0.4, 0.5) is 5.69 Å². The van der Waals surface area contributed by atoms with Gasteiger partial charge in [0.15, 0.2) is 0 Å². The minimum Gasteiger partial charge on any atom is -0.390 e. The maximum atomic E-state index is 13.0. The number of carbonyl (C=O) groups is 1. The highest BCUT2D eigenvalue weighted by Gasteiger charge is 2.28. The molecule has 0 spiro atoms. The zero-order valence-electron chi connectivity index (χ0n) is 17.2. The van der Waals surface area contributed by atoms with Gasteiger partial charge in [0, 0.05) is 44.0 Å². The Morgan fingerprint density at radius 1 is 1.03 bits per heavy atom. The third kappa shape index (κ3) is 4.08. The molecule has 1 fully saturated rings. The van der Waals surface area contributed by atoms with E-state index in [1.165, 1.54) is 11.1 Å². The number of anilines is 1. The normalized spacial score (nSPS) is 20.3. The number of aliphatic hydroxyl groups is 1. The molecule has 6 nitrogen and oxygen atoms in total. The average molecular weight is 408 g/mol. The number of fused-ring (bicyclic) bond motifs is 2. The zero-order valence-corrected chi connectivity index (χ0v) is 17.2. The molecule has 5 rings (SSSR count). The van der Waals surface area contributed by atoms with E-state index in [0.717, 1.165) is 56.0 Å². The highest BCUT2D eigenvalue weighted by atomic mass is 16.5. The number of rotatable bonds is 6. The highest BCUT2D eigenvalue weighted by molar-refractivity contribution is 5.97. The van der Waals surface area contributed by atoms with E-state index < -0.39 is 6.10 Å². The summed E-state index contributed by atoms with van der Waals surface area (Å²) in [6.45, 7) is 4.93. The van der Waals surface area contributed by atoms with E-state index in [0.29, 0.717) is 25.7 Å². The second-order valence-corrected chi connectivity index (χ2v) is 8.66. The van der Waals surface area contributed by atoms with Gasteiger partial charge in [-0.1, -0.05) is 24.3 Å². The maximum Gasteiger partial charge on any atom is 0.254 e. The van der Waals surface area contributed by atoms with Crippen LogP contribution >= 0.6 is 0 Å². The fourth-order valence-electron chi connectivity index (χ4n) is 4.68. The second kappa shape index (κ2) is 8.38. The monoisotopic (exact) mass is 407 g/mol. The zero-order chi connectivity index (χ0) is 20.5. The van der Waals surface area contributed by atoms with Gasteiger partial charge in [-0.2, -0.15) is 0 Å². The summed E-state index contributed by atoms with van der Waals surface area (Å²) >= 11 is 0. The second-order valence-electron chi connectivity index (χ2n) is 8.66. The molecule has 3 aliphatic rings. The van der Waals surface area contributed by atoms with Gasteiger partial charge in [-0.15, -0.1) is 0 Å². The van der Waals surface area contributed by atoms with Crippen LogP contribution in [0.15, 0.2) is 42.5 Å². The van der Waals surface area contributed by atoms with Crippen LogP contribution in [0.1, 0.15) is 27.0 Å². The van der Waals surface area contributed by atoms with E-state index in [-0.39, 0.29) is 5.91 Å². The Hall–Kier alpha value is -2.41. The summed E-state index contributed by atoms with van der Waals surface area (Å²) in [5, 5.41) is 14.1. The van der Waals surface area contributed by atoms with Crippen molar-refractivity contribution in [3.05, 3.63) is 64.7 Å². The van der Waals surface area contributed by atoms with Crippen LogP contribution in [0.3, 0.4) is 0 Å². The van der Waals surface area contributed by atoms with Crippen molar-refractivity contribution in [3.8, 4) is 0 Å². The number of hydrogen-bond donors (Lipinski definition) is 2. The molecule has 0 bridgehead atoms. The molecular weight excluding hydrogens is 378 g/mol. The first kappa shape index (κ1) is 19.5. The lowest BCUT2D eigenvalue weighted by Gasteiger charge is -2.34. The van der Waals surface area contributed by atoms with Crippen molar-refractivity contribution in [2.24, 2.45) is 0 Å². The van der Waals surface area contributed by atoms with Crippen LogP contribution in [0, 0.1) is 0 Å². The first-order valence-corrected chi connectivity index (χ1v) is 10.9. The Balaban J connectivity index is 1.17. The van der Waals surface area contributed by atoms with Gasteiger partial charge in [0.25, 0.3) is 5.91 Å². The number of nitrogens with one attached hydrogen (secondary N) is 1. The largest absolute Gasteiger partial charge is 0.390 e. The molecule has 0 aliphatic carbocycles. The average Bonchev–Trinajstić information content (AvgIpc) is 2.73. The number of nitrogens with zero attached hydrogens (tertiary/aromatic N) is 2. The lowest BCUT2D eigenvalue weighted by molar-refractivity contribution is 0.0211. The molecule has 6 heteroatoms. The lowest BCUT2D eigenvalue weighted by Crippen LogP contribution is -2.46. The third-order valence-electron chi connectivity index (χ3n) is 6.39. The molecule has 0 aromatic heterocycles. The number of ether oxygens (including phenoxy) is 1. The van der Waals surface area contributed by atoms with Gasteiger partial charge in [-0.25, -0.2) is 0 Å². The van der Waals surface area contributed by atoms with E-state index in [4.69, 9.17) is 4.74 Å². The van der Waals surface area contributed by atoms with E-state index in [1.807, 2.05) is 12.1 Å². The van der Waals surface area contributed by atoms with E-state index >= 15 is 0 Å². The third-order valence-corrected chi connectivity index (χ3v) is 6.39. The van der Waals surface area contributed by atoms with E-state index in [9.17, 15) is 9.90 Å². The predicted octanol–water partition coefficient (Wildman–Crippen LogP) is 1.91. The molecule has 2 aromatic rings. The molecule has 0 radical (unpaired) electrons. The molecular formula is C24H29N3O3. The smallest absolute Gasteiger partial charge is 0.254 e. The molecule has 30 heavy (non-hydrogen) atoms. The maximum absolute atomic E-state index is 13.0. The summed E-state index contributed by atoms with van der Waals surface area (Å²) < 4.78 is 5.21. The van der Waals surface area contributed by atoms with Crippen LogP contribution in [-0.2, 0) is 24.1 Å². The minimum absolute atomic E-state index is 0.0258. The molecule has 3 aliphatic heterocycles. The van der Waals surface area contributed by atoms with Crippen LogP contribution in [-0.4, -0.2) is 72.4 Å². The minimum atomic E-state index is -0.541. The van der Waals surface area contributed by atoms with Crippen molar-refractivity contribution < 1.29 is 14.6 Å². The summed E-state index contributed by atoms with van der Waals surface area (Å²) in [6, 6.07) is 14.9. The van der Waals surface area contributed by atoms with Crippen molar-refractivity contribution >= 4 is 11.6 Å². The van der Waals surface area contributed by atoms with Crippen molar-refractivity contribution in [1.29, 1.82) is 0 Å². The summed E-state index contributed by atoms with van der Waals surface area (Å²) in [7, 11) is 0. The molecule has 2 N–H and O–H groups in total. The molecule has 0 saturated carbocycles. The van der Waals surface area contributed by atoms with Crippen LogP contribution < -0.4 is 5.32 Å². The van der Waals surface area contributed by atoms with Gasteiger partial charge in [0.2, 0.25) is 0 Å². The molecule has 1 saturated heterocycles. The number of carbonyl (C=O) groups excluding carboxylic acids is 1. The Morgan fingerprint density at radius 3 is 2.63 bits per heavy atom. The SMILES string of the molecule is O=C1c2ccc(NC3COC3)cc2CCN1CC(O)CN1CCc2ccccc2C1. The summed E-state index contributed by atoms with van der Waals surface area (Å²) in [6.07, 6.45) is 1.30. The molecule has 2 aromatic carbocycles. The number of amides is 1. The van der Waals surface area contributed by atoms with Gasteiger partial charge in [0.1, 0.15) is 0 Å². The van der Waals surface area contributed by atoms with Crippen molar-refractivity contribution in [1.82, 2.24) is 9.80 Å². The topological polar surface area (TPSA) is 65.0 Å². The highest BCUT2D eigenvalue weighted by Crippen LogP contribution is 2.24. The summed E-state index contributed by atoms with van der Waals surface area (Å²) in [5.41, 5.74) is 5.65. The molecule has 1 atom stereocenters. The molecule has 1 unspecified atom stereocenters. The van der Waals surface area contributed by atoms with Crippen LogP contribution in [0.25, 0.3) is 0 Å². The number of hydrogen-bond acceptors (Lipinski definition) is 5. The first-order chi connectivity index (χ1) is 14.7. The fraction of sp³-hybridized carbons (Fsp3) is 0.458. The number of β-amino-alcohol motifs (C(OH)–C–C–N with tert-alkyl or cyclic N) is 1. The Labute approximate surface area is 177 Å². The first-order valence-electron chi connectivity index (χ1n) is 10.9. The standard InChI is InChI=1S/C24H29N3O3/c28-22(13-26-9-7-17-3-1-2-4-19(17)12-26)14-27-10-8-18-11-20(25-21-15-30-16-21)5-6-23(18)24(27)29/h1-6,11,21-22,25,28H,7-10,12-16H2. The Kier molecular flexibility index (Phi) is 5.46. The van der Waals surface area contributed by atoms with Gasteiger partial charge >= 0.3 is 0 Å². The lowest BCUT2D eigenvalue weighted by atomic mass is 9.97. The van der Waals surface area contributed by atoms with Gasteiger partial charge in [-0.05, 0) is 47.7 Å². The molecule has 158 valence electrons. The number of aliphatic hydroxyl groups excluding tert-OH is 1.